The maximum absolute atomic E-state index is 11.8. The summed E-state index contributed by atoms with van der Waals surface area (Å²) in [5.41, 5.74) is 3.36. The number of carbonyl (C=O) groups excluding carboxylic acids is 1. The molecule has 0 aliphatic heterocycles. The van der Waals surface area contributed by atoms with Crippen molar-refractivity contribution in [3.8, 4) is 0 Å². The molecular formula is C18H19N5O. The molecule has 0 radical (unpaired) electrons. The molecule has 0 saturated heterocycles. The smallest absolute Gasteiger partial charge is 0.250 e. The molecule has 1 amide bonds. The molecule has 0 aliphatic rings. The number of anilines is 2. The first-order chi connectivity index (χ1) is 11.6. The Labute approximate surface area is 140 Å². The molecule has 2 aromatic heterocycles. The van der Waals surface area contributed by atoms with Gasteiger partial charge in [0.2, 0.25) is 11.9 Å². The van der Waals surface area contributed by atoms with Crippen molar-refractivity contribution in [2.75, 3.05) is 24.3 Å². The lowest BCUT2D eigenvalue weighted by Crippen LogP contribution is -2.23. The summed E-state index contributed by atoms with van der Waals surface area (Å²) < 4.78 is 2.05. The summed E-state index contributed by atoms with van der Waals surface area (Å²) in [7, 11) is 3.53. The summed E-state index contributed by atoms with van der Waals surface area (Å²) in [4.78, 5) is 22.2. The highest BCUT2D eigenvalue weighted by atomic mass is 16.2. The minimum absolute atomic E-state index is 0.181. The van der Waals surface area contributed by atoms with E-state index in [0.29, 0.717) is 17.9 Å². The van der Waals surface area contributed by atoms with Crippen molar-refractivity contribution in [2.24, 2.45) is 0 Å². The fourth-order valence-corrected chi connectivity index (χ4v) is 2.56. The maximum Gasteiger partial charge on any atom is 0.250 e. The standard InChI is InChI=1S/C18H19N5O/c1-4-16(24)22(3)14-10-15-17(20-11-14)21-18(19-2)23(15)12-13-8-6-5-7-9-13/h4-11H,1,12H2,2-3H3,(H,19,20,21). The number of nitrogens with one attached hydrogen (secondary N) is 1. The topological polar surface area (TPSA) is 63.1 Å². The lowest BCUT2D eigenvalue weighted by atomic mass is 10.2. The Morgan fingerprint density at radius 1 is 1.38 bits per heavy atom. The van der Waals surface area contributed by atoms with Crippen molar-refractivity contribution in [3.63, 3.8) is 0 Å². The number of amides is 1. The van der Waals surface area contributed by atoms with Crippen molar-refractivity contribution in [1.82, 2.24) is 14.5 Å². The maximum atomic E-state index is 11.8. The van der Waals surface area contributed by atoms with E-state index in [0.717, 1.165) is 17.0 Å². The van der Waals surface area contributed by atoms with E-state index in [1.165, 1.54) is 11.0 Å². The number of benzene rings is 1. The molecule has 24 heavy (non-hydrogen) atoms. The van der Waals surface area contributed by atoms with Gasteiger partial charge in [0, 0.05) is 14.1 Å². The zero-order chi connectivity index (χ0) is 17.1. The first kappa shape index (κ1) is 15.7. The van der Waals surface area contributed by atoms with E-state index in [2.05, 4.69) is 34.0 Å². The number of aromatic nitrogens is 3. The largest absolute Gasteiger partial charge is 0.359 e. The SMILES string of the molecule is C=CC(=O)N(C)c1cnc2nc(NC)n(Cc3ccccc3)c2c1. The van der Waals surface area contributed by atoms with Crippen LogP contribution in [-0.2, 0) is 11.3 Å². The number of likely N-dealkylation sites (N-methyl/N-ethyl adjacent to an activating group) is 1. The van der Waals surface area contributed by atoms with Crippen LogP contribution in [0.1, 0.15) is 5.56 Å². The van der Waals surface area contributed by atoms with E-state index in [9.17, 15) is 4.79 Å². The van der Waals surface area contributed by atoms with Gasteiger partial charge < -0.3 is 14.8 Å². The molecule has 122 valence electrons. The molecule has 6 nitrogen and oxygen atoms in total. The van der Waals surface area contributed by atoms with Gasteiger partial charge in [-0.05, 0) is 17.7 Å². The molecule has 0 unspecified atom stereocenters. The molecule has 3 aromatic rings. The third kappa shape index (κ3) is 2.86. The second kappa shape index (κ2) is 6.54. The van der Waals surface area contributed by atoms with Crippen molar-refractivity contribution in [2.45, 2.75) is 6.54 Å². The van der Waals surface area contributed by atoms with Gasteiger partial charge in [0.05, 0.1) is 23.9 Å². The first-order valence-electron chi connectivity index (χ1n) is 7.62. The van der Waals surface area contributed by atoms with Gasteiger partial charge in [-0.3, -0.25) is 4.79 Å². The zero-order valence-electron chi connectivity index (χ0n) is 13.7. The van der Waals surface area contributed by atoms with Crippen molar-refractivity contribution >= 4 is 28.7 Å². The molecule has 6 heteroatoms. The summed E-state index contributed by atoms with van der Waals surface area (Å²) in [6.07, 6.45) is 2.92. The summed E-state index contributed by atoms with van der Waals surface area (Å²) in [6.45, 7) is 4.19. The van der Waals surface area contributed by atoms with E-state index in [1.54, 1.807) is 13.2 Å². The van der Waals surface area contributed by atoms with Crippen LogP contribution in [0.5, 0.6) is 0 Å². The molecule has 1 aromatic carbocycles. The summed E-state index contributed by atoms with van der Waals surface area (Å²) >= 11 is 0. The molecule has 0 atom stereocenters. The number of fused-ring (bicyclic) bond motifs is 1. The van der Waals surface area contributed by atoms with Gasteiger partial charge in [0.1, 0.15) is 0 Å². The predicted octanol–water partition coefficient (Wildman–Crippen LogP) is 2.67. The highest BCUT2D eigenvalue weighted by molar-refractivity contribution is 6.01. The summed E-state index contributed by atoms with van der Waals surface area (Å²) in [5.74, 6) is 0.551. The first-order valence-corrected chi connectivity index (χ1v) is 7.62. The number of carbonyl (C=O) groups is 1. The second-order valence-corrected chi connectivity index (χ2v) is 5.39. The van der Waals surface area contributed by atoms with Gasteiger partial charge in [-0.1, -0.05) is 36.9 Å². The molecule has 0 fully saturated rings. The molecule has 1 N–H and O–H groups in total. The number of hydrogen-bond acceptors (Lipinski definition) is 4. The highest BCUT2D eigenvalue weighted by Crippen LogP contribution is 2.24. The Bertz CT molecular complexity index is 885. The second-order valence-electron chi connectivity index (χ2n) is 5.39. The number of hydrogen-bond donors (Lipinski definition) is 1. The number of imidazole rings is 1. The van der Waals surface area contributed by atoms with E-state index in [4.69, 9.17) is 0 Å². The van der Waals surface area contributed by atoms with Crippen LogP contribution in [0.3, 0.4) is 0 Å². The molecule has 2 heterocycles. The Hall–Kier alpha value is -3.15. The van der Waals surface area contributed by atoms with Crippen LogP contribution >= 0.6 is 0 Å². The van der Waals surface area contributed by atoms with Gasteiger partial charge in [0.15, 0.2) is 5.65 Å². The third-order valence-corrected chi connectivity index (χ3v) is 3.89. The molecule has 3 rings (SSSR count). The van der Waals surface area contributed by atoms with Crippen LogP contribution in [0.2, 0.25) is 0 Å². The Kier molecular flexibility index (Phi) is 4.29. The van der Waals surface area contributed by atoms with Crippen LogP contribution < -0.4 is 10.2 Å². The normalized spacial score (nSPS) is 10.6. The van der Waals surface area contributed by atoms with Crippen LogP contribution in [0, 0.1) is 0 Å². The Balaban J connectivity index is 2.08. The van der Waals surface area contributed by atoms with Crippen LogP contribution in [0.4, 0.5) is 11.6 Å². The highest BCUT2D eigenvalue weighted by Gasteiger charge is 2.14. The minimum atomic E-state index is -0.181. The predicted molar refractivity (Wildman–Crippen MR) is 96.2 cm³/mol. The zero-order valence-corrected chi connectivity index (χ0v) is 13.7. The quantitative estimate of drug-likeness (QED) is 0.734. The average Bonchev–Trinajstić information content (AvgIpc) is 2.98. The van der Waals surface area contributed by atoms with Gasteiger partial charge in [-0.15, -0.1) is 0 Å². The van der Waals surface area contributed by atoms with E-state index >= 15 is 0 Å². The van der Waals surface area contributed by atoms with E-state index in [1.807, 2.05) is 35.9 Å². The number of nitrogens with zero attached hydrogens (tertiary/aromatic N) is 4. The summed E-state index contributed by atoms with van der Waals surface area (Å²) in [6, 6.07) is 12.1. The van der Waals surface area contributed by atoms with Gasteiger partial charge in [-0.25, -0.2) is 4.98 Å². The molecule has 0 spiro atoms. The van der Waals surface area contributed by atoms with Crippen molar-refractivity contribution in [3.05, 3.63) is 60.8 Å². The fourth-order valence-electron chi connectivity index (χ4n) is 2.56. The van der Waals surface area contributed by atoms with Crippen LogP contribution in [-0.4, -0.2) is 34.5 Å². The molecule has 0 aliphatic carbocycles. The van der Waals surface area contributed by atoms with Gasteiger partial charge in [0.25, 0.3) is 0 Å². The monoisotopic (exact) mass is 321 g/mol. The fraction of sp³-hybridized carbons (Fsp3) is 0.167. The molecular weight excluding hydrogens is 302 g/mol. The number of pyridine rings is 1. The Morgan fingerprint density at radius 2 is 2.12 bits per heavy atom. The van der Waals surface area contributed by atoms with E-state index in [-0.39, 0.29) is 5.91 Å². The van der Waals surface area contributed by atoms with E-state index < -0.39 is 0 Å². The average molecular weight is 321 g/mol. The van der Waals surface area contributed by atoms with Gasteiger partial charge in [-0.2, -0.15) is 4.98 Å². The lowest BCUT2D eigenvalue weighted by Gasteiger charge is -2.15. The van der Waals surface area contributed by atoms with Crippen LogP contribution in [0.15, 0.2) is 55.3 Å². The Morgan fingerprint density at radius 3 is 2.79 bits per heavy atom. The third-order valence-electron chi connectivity index (χ3n) is 3.89. The van der Waals surface area contributed by atoms with Crippen LogP contribution in [0.25, 0.3) is 11.2 Å². The van der Waals surface area contributed by atoms with Crippen molar-refractivity contribution in [1.29, 1.82) is 0 Å². The number of rotatable bonds is 5. The van der Waals surface area contributed by atoms with Crippen molar-refractivity contribution < 1.29 is 4.79 Å². The lowest BCUT2D eigenvalue weighted by molar-refractivity contribution is -0.113. The molecule has 0 saturated carbocycles. The summed E-state index contributed by atoms with van der Waals surface area (Å²) in [5, 5.41) is 3.10. The van der Waals surface area contributed by atoms with Gasteiger partial charge >= 0.3 is 0 Å². The minimum Gasteiger partial charge on any atom is -0.359 e. The molecule has 0 bridgehead atoms.